The summed E-state index contributed by atoms with van der Waals surface area (Å²) >= 11 is 3.71. The van der Waals surface area contributed by atoms with Crippen LogP contribution in [0.25, 0.3) is 44.1 Å². The van der Waals surface area contributed by atoms with Crippen LogP contribution in [0.3, 0.4) is 0 Å². The van der Waals surface area contributed by atoms with Crippen LogP contribution in [0.4, 0.5) is 0 Å². The molecule has 0 aliphatic carbocycles. The van der Waals surface area contributed by atoms with E-state index in [2.05, 4.69) is 130 Å². The molecule has 0 radical (unpaired) electrons. The monoisotopic (exact) mass is 506 g/mol. The van der Waals surface area contributed by atoms with E-state index in [1.54, 1.807) is 0 Å². The van der Waals surface area contributed by atoms with Gasteiger partial charge >= 0.3 is 0 Å². The maximum absolute atomic E-state index is 3.71. The Bertz CT molecular complexity index is 1700. The molecule has 1 aliphatic rings. The third kappa shape index (κ3) is 2.74. The molecule has 7 rings (SSSR count). The molecule has 1 aliphatic heterocycles. The van der Waals surface area contributed by atoms with E-state index in [-0.39, 0.29) is 5.41 Å². The van der Waals surface area contributed by atoms with Crippen molar-refractivity contribution < 1.29 is 0 Å². The lowest BCUT2D eigenvalue weighted by molar-refractivity contribution is 0.632. The molecule has 0 unspecified atom stereocenters. The average Bonchev–Trinajstić information content (AvgIpc) is 3.43. The molecule has 0 fully saturated rings. The van der Waals surface area contributed by atoms with E-state index in [0.29, 0.717) is 0 Å². The normalized spacial score (nSPS) is 13.7. The van der Waals surface area contributed by atoms with E-state index < -0.39 is 0 Å². The smallest absolute Gasteiger partial charge is 0.0603 e. The van der Waals surface area contributed by atoms with E-state index in [1.807, 2.05) is 13.8 Å². The Kier molecular flexibility index (Phi) is 4.76. The number of aromatic nitrogens is 2. The third-order valence-electron chi connectivity index (χ3n) is 7.14. The molecule has 2 nitrogen and oxygen atoms in total. The van der Waals surface area contributed by atoms with Crippen LogP contribution < -0.4 is 0 Å². The number of hydrogen-bond acceptors (Lipinski definition) is 0. The average molecular weight is 507 g/mol. The van der Waals surface area contributed by atoms with Gasteiger partial charge in [-0.25, -0.2) is 0 Å². The van der Waals surface area contributed by atoms with Crippen LogP contribution in [0, 0.1) is 0 Å². The Morgan fingerprint density at radius 2 is 1.47 bits per heavy atom. The Morgan fingerprint density at radius 1 is 0.735 bits per heavy atom. The highest BCUT2D eigenvalue weighted by Crippen LogP contribution is 2.49. The Hall–Kier alpha value is -3.30. The number of benzene rings is 4. The van der Waals surface area contributed by atoms with Crippen LogP contribution in [0.1, 0.15) is 38.8 Å². The first-order chi connectivity index (χ1) is 16.6. The molecule has 3 heterocycles. The van der Waals surface area contributed by atoms with Gasteiger partial charge in [0.05, 0.1) is 16.6 Å². The number of nitrogens with zero attached hydrogens (tertiary/aromatic N) is 2. The number of para-hydroxylation sites is 2. The van der Waals surface area contributed by atoms with Gasteiger partial charge in [0, 0.05) is 49.2 Å². The molecule has 0 bridgehead atoms. The van der Waals surface area contributed by atoms with Crippen LogP contribution in [-0.2, 0) is 5.41 Å². The summed E-state index contributed by atoms with van der Waals surface area (Å²) < 4.78 is 5.94. The molecule has 3 heteroatoms. The predicted octanol–water partition coefficient (Wildman–Crippen LogP) is 9.16. The summed E-state index contributed by atoms with van der Waals surface area (Å²) in [6.45, 7) is 8.75. The van der Waals surface area contributed by atoms with Crippen LogP contribution in [0.15, 0.2) is 95.6 Å². The van der Waals surface area contributed by atoms with Crippen molar-refractivity contribution in [3.8, 4) is 11.4 Å². The predicted molar refractivity (Wildman–Crippen MR) is 149 cm³/mol. The highest BCUT2D eigenvalue weighted by Gasteiger charge is 2.37. The van der Waals surface area contributed by atoms with Crippen LogP contribution >= 0.6 is 15.9 Å². The molecule has 4 aromatic carbocycles. The van der Waals surface area contributed by atoms with Gasteiger partial charge in [-0.1, -0.05) is 80.0 Å². The zero-order valence-electron chi connectivity index (χ0n) is 19.9. The Balaban J connectivity index is 0.00000106. The fourth-order valence-corrected chi connectivity index (χ4v) is 6.12. The quantitative estimate of drug-likeness (QED) is 0.210. The topological polar surface area (TPSA) is 9.86 Å². The van der Waals surface area contributed by atoms with Crippen molar-refractivity contribution >= 4 is 48.6 Å². The first-order valence-corrected chi connectivity index (χ1v) is 12.8. The summed E-state index contributed by atoms with van der Waals surface area (Å²) in [6, 6.07) is 30.9. The highest BCUT2D eigenvalue weighted by atomic mass is 79.9. The first kappa shape index (κ1) is 21.2. The number of rotatable bonds is 1. The minimum Gasteiger partial charge on any atom is -0.316 e. The van der Waals surface area contributed by atoms with E-state index in [0.717, 1.165) is 4.47 Å². The van der Waals surface area contributed by atoms with Gasteiger partial charge in [-0.05, 0) is 54.1 Å². The first-order valence-electron chi connectivity index (χ1n) is 12.0. The second kappa shape index (κ2) is 7.61. The van der Waals surface area contributed by atoms with Crippen molar-refractivity contribution in [2.45, 2.75) is 33.1 Å². The van der Waals surface area contributed by atoms with Gasteiger partial charge in [-0.3, -0.25) is 0 Å². The van der Waals surface area contributed by atoms with E-state index in [1.165, 1.54) is 55.2 Å². The minimum absolute atomic E-state index is 0.138. The summed E-state index contributed by atoms with van der Waals surface area (Å²) in [5, 5.41) is 3.87. The summed E-state index contributed by atoms with van der Waals surface area (Å²) in [5.74, 6) is 0. The summed E-state index contributed by atoms with van der Waals surface area (Å²) in [4.78, 5) is 0. The largest absolute Gasteiger partial charge is 0.316 e. The molecule has 2 aromatic heterocycles. The number of fused-ring (bicyclic) bond motifs is 6. The molecule has 0 N–H and O–H groups in total. The van der Waals surface area contributed by atoms with Gasteiger partial charge in [0.2, 0.25) is 0 Å². The standard InChI is InChI=1S/C29H21BrN2.C2H6/c1-29(2)23-10-6-7-11-25(23)31-15-14-18-16-22-21-17-19(30)12-13-24(21)32(20-8-4-3-5-9-20)28(22)26(29)27(18)31;1-2/h3-17H,1-2H3;1-2H3. The highest BCUT2D eigenvalue weighted by molar-refractivity contribution is 9.10. The number of hydrogen-bond donors (Lipinski definition) is 0. The van der Waals surface area contributed by atoms with E-state index >= 15 is 0 Å². The molecule has 0 amide bonds. The molecule has 34 heavy (non-hydrogen) atoms. The third-order valence-corrected chi connectivity index (χ3v) is 7.63. The summed E-state index contributed by atoms with van der Waals surface area (Å²) in [6.07, 6.45) is 2.23. The fraction of sp³-hybridized carbons (Fsp3) is 0.161. The summed E-state index contributed by atoms with van der Waals surface area (Å²) in [5.41, 5.74) is 8.95. The van der Waals surface area contributed by atoms with Gasteiger partial charge in [0.1, 0.15) is 0 Å². The van der Waals surface area contributed by atoms with Crippen molar-refractivity contribution in [1.29, 1.82) is 0 Å². The minimum atomic E-state index is -0.138. The maximum atomic E-state index is 3.71. The second-order valence-electron chi connectivity index (χ2n) is 9.25. The molecule has 0 atom stereocenters. The summed E-state index contributed by atoms with van der Waals surface area (Å²) in [7, 11) is 0. The molecular weight excluding hydrogens is 480 g/mol. The van der Waals surface area contributed by atoms with Crippen LogP contribution in [-0.4, -0.2) is 9.13 Å². The SMILES string of the molecule is CC.CC1(C)c2ccccc2-n2ccc3cc4c5cc(Br)ccc5n(-c5ccccc5)c4c1c32. The Morgan fingerprint density at radius 3 is 2.26 bits per heavy atom. The zero-order valence-corrected chi connectivity index (χ0v) is 21.5. The van der Waals surface area contributed by atoms with Crippen LogP contribution in [0.2, 0.25) is 0 Å². The number of halogens is 1. The lowest BCUT2D eigenvalue weighted by atomic mass is 9.74. The van der Waals surface area contributed by atoms with E-state index in [9.17, 15) is 0 Å². The fourth-order valence-electron chi connectivity index (χ4n) is 5.76. The lowest BCUT2D eigenvalue weighted by Crippen LogP contribution is -2.27. The molecule has 0 saturated heterocycles. The molecular formula is C31H27BrN2. The zero-order chi connectivity index (χ0) is 23.6. The molecule has 0 spiro atoms. The van der Waals surface area contributed by atoms with Crippen molar-refractivity contribution in [2.75, 3.05) is 0 Å². The van der Waals surface area contributed by atoms with Gasteiger partial charge < -0.3 is 9.13 Å². The van der Waals surface area contributed by atoms with Crippen LogP contribution in [0.5, 0.6) is 0 Å². The van der Waals surface area contributed by atoms with Gasteiger partial charge in [0.25, 0.3) is 0 Å². The second-order valence-corrected chi connectivity index (χ2v) is 10.2. The van der Waals surface area contributed by atoms with Crippen molar-refractivity contribution in [3.05, 3.63) is 107 Å². The van der Waals surface area contributed by atoms with Crippen molar-refractivity contribution in [3.63, 3.8) is 0 Å². The van der Waals surface area contributed by atoms with Gasteiger partial charge in [0.15, 0.2) is 0 Å². The van der Waals surface area contributed by atoms with Crippen molar-refractivity contribution in [1.82, 2.24) is 9.13 Å². The lowest BCUT2D eigenvalue weighted by Gasteiger charge is -2.35. The van der Waals surface area contributed by atoms with Crippen molar-refractivity contribution in [2.24, 2.45) is 0 Å². The molecule has 0 saturated carbocycles. The Labute approximate surface area is 208 Å². The molecule has 6 aromatic rings. The van der Waals surface area contributed by atoms with E-state index in [4.69, 9.17) is 0 Å². The molecule has 168 valence electrons. The van der Waals surface area contributed by atoms with Gasteiger partial charge in [-0.2, -0.15) is 0 Å². The maximum Gasteiger partial charge on any atom is 0.0603 e. The van der Waals surface area contributed by atoms with Gasteiger partial charge in [-0.15, -0.1) is 0 Å².